The van der Waals surface area contributed by atoms with Gasteiger partial charge < -0.3 is 5.73 Å². The summed E-state index contributed by atoms with van der Waals surface area (Å²) in [5.74, 6) is -0.464. The summed E-state index contributed by atoms with van der Waals surface area (Å²) in [7, 11) is 0. The predicted molar refractivity (Wildman–Crippen MR) is 92.6 cm³/mol. The number of hydrogen-bond donors (Lipinski definition) is 1. The van der Waals surface area contributed by atoms with Gasteiger partial charge in [0, 0.05) is 21.7 Å². The fraction of sp³-hybridized carbons (Fsp3) is 0.0625. The number of nitrogens with zero attached hydrogens (tertiary/aromatic N) is 4. The van der Waals surface area contributed by atoms with E-state index in [2.05, 4.69) is 15.4 Å². The summed E-state index contributed by atoms with van der Waals surface area (Å²) in [6, 6.07) is 11.1. The lowest BCUT2D eigenvalue weighted by molar-refractivity contribution is 0.0960. The molecule has 9 heteroatoms. The van der Waals surface area contributed by atoms with Crippen molar-refractivity contribution in [1.29, 1.82) is 0 Å². The summed E-state index contributed by atoms with van der Waals surface area (Å²) < 4.78 is 0. The van der Waals surface area contributed by atoms with Crippen molar-refractivity contribution in [2.24, 2.45) is 5.73 Å². The standard InChI is InChI=1S/C16H11Cl2N5O2/c17-11-5-6-12(13(18)7-11)14(24)8-23-21-16(20-22-23)10-3-1-9(2-4-10)15(19)25/h1-7H,8H2,(H2,19,25). The van der Waals surface area contributed by atoms with Crippen LogP contribution in [0.25, 0.3) is 11.4 Å². The van der Waals surface area contributed by atoms with E-state index in [-0.39, 0.29) is 17.4 Å². The lowest BCUT2D eigenvalue weighted by Gasteiger charge is -2.03. The van der Waals surface area contributed by atoms with E-state index in [0.29, 0.717) is 27.5 Å². The summed E-state index contributed by atoms with van der Waals surface area (Å²) in [5.41, 5.74) is 6.55. The highest BCUT2D eigenvalue weighted by Crippen LogP contribution is 2.22. The molecule has 1 aromatic heterocycles. The minimum atomic E-state index is -0.520. The van der Waals surface area contributed by atoms with Gasteiger partial charge in [-0.3, -0.25) is 9.59 Å². The lowest BCUT2D eigenvalue weighted by atomic mass is 10.1. The van der Waals surface area contributed by atoms with Gasteiger partial charge >= 0.3 is 0 Å². The summed E-state index contributed by atoms with van der Waals surface area (Å²) >= 11 is 11.8. The van der Waals surface area contributed by atoms with Crippen LogP contribution in [0.3, 0.4) is 0 Å². The van der Waals surface area contributed by atoms with Gasteiger partial charge in [-0.1, -0.05) is 35.3 Å². The van der Waals surface area contributed by atoms with Gasteiger partial charge in [0.2, 0.25) is 11.7 Å². The molecule has 25 heavy (non-hydrogen) atoms. The number of carbonyl (C=O) groups excluding carboxylic acids is 2. The number of Topliss-reactive ketones (excluding diaryl/α,β-unsaturated/α-hetero) is 1. The third kappa shape index (κ3) is 3.84. The molecule has 0 aliphatic heterocycles. The van der Waals surface area contributed by atoms with Crippen molar-refractivity contribution >= 4 is 34.9 Å². The maximum absolute atomic E-state index is 12.3. The van der Waals surface area contributed by atoms with Crippen LogP contribution in [0.1, 0.15) is 20.7 Å². The molecule has 126 valence electrons. The zero-order valence-corrected chi connectivity index (χ0v) is 14.2. The van der Waals surface area contributed by atoms with E-state index in [9.17, 15) is 9.59 Å². The second kappa shape index (κ2) is 7.00. The number of halogens is 2. The number of tetrazole rings is 1. The fourth-order valence-corrected chi connectivity index (χ4v) is 2.65. The van der Waals surface area contributed by atoms with Crippen LogP contribution in [0, 0.1) is 0 Å². The number of amides is 1. The Balaban J connectivity index is 1.77. The fourth-order valence-electron chi connectivity index (χ4n) is 2.14. The molecular formula is C16H11Cl2N5O2. The number of aromatic nitrogens is 4. The van der Waals surface area contributed by atoms with Crippen molar-refractivity contribution in [2.75, 3.05) is 0 Å². The Hall–Kier alpha value is -2.77. The second-order valence-electron chi connectivity index (χ2n) is 5.13. The van der Waals surface area contributed by atoms with E-state index in [0.717, 1.165) is 0 Å². The molecule has 0 atom stereocenters. The van der Waals surface area contributed by atoms with Gasteiger partial charge in [-0.2, -0.15) is 4.80 Å². The van der Waals surface area contributed by atoms with Crippen molar-refractivity contribution in [1.82, 2.24) is 20.2 Å². The molecule has 2 N–H and O–H groups in total. The zero-order chi connectivity index (χ0) is 18.0. The minimum Gasteiger partial charge on any atom is -0.366 e. The van der Waals surface area contributed by atoms with E-state index in [1.165, 1.54) is 10.9 Å². The van der Waals surface area contributed by atoms with Crippen LogP contribution in [0.2, 0.25) is 10.0 Å². The Bertz CT molecular complexity index is 953. The second-order valence-corrected chi connectivity index (χ2v) is 5.98. The normalized spacial score (nSPS) is 10.6. The topological polar surface area (TPSA) is 104 Å². The van der Waals surface area contributed by atoms with Gasteiger partial charge in [-0.05, 0) is 35.5 Å². The first-order valence-electron chi connectivity index (χ1n) is 7.10. The number of rotatable bonds is 5. The van der Waals surface area contributed by atoms with Gasteiger partial charge in [0.1, 0.15) is 6.54 Å². The number of primary amides is 1. The van der Waals surface area contributed by atoms with Crippen molar-refractivity contribution < 1.29 is 9.59 Å². The summed E-state index contributed by atoms with van der Waals surface area (Å²) in [5, 5.41) is 12.6. The monoisotopic (exact) mass is 375 g/mol. The Morgan fingerprint density at radius 2 is 1.80 bits per heavy atom. The smallest absolute Gasteiger partial charge is 0.248 e. The highest BCUT2D eigenvalue weighted by atomic mass is 35.5. The zero-order valence-electron chi connectivity index (χ0n) is 12.7. The van der Waals surface area contributed by atoms with Crippen molar-refractivity contribution in [3.8, 4) is 11.4 Å². The molecule has 0 aliphatic rings. The van der Waals surface area contributed by atoms with Crippen LogP contribution in [0.4, 0.5) is 0 Å². The molecule has 0 saturated heterocycles. The largest absolute Gasteiger partial charge is 0.366 e. The molecule has 0 saturated carbocycles. The first kappa shape index (κ1) is 17.1. The first-order chi connectivity index (χ1) is 11.9. The molecule has 0 fully saturated rings. The molecule has 1 amide bonds. The molecule has 3 rings (SSSR count). The van der Waals surface area contributed by atoms with E-state index >= 15 is 0 Å². The summed E-state index contributed by atoms with van der Waals surface area (Å²) in [4.78, 5) is 24.6. The molecule has 0 spiro atoms. The van der Waals surface area contributed by atoms with Gasteiger partial charge in [0.15, 0.2) is 5.78 Å². The lowest BCUT2D eigenvalue weighted by Crippen LogP contribution is -2.13. The van der Waals surface area contributed by atoms with Crippen LogP contribution in [0.15, 0.2) is 42.5 Å². The molecule has 0 bridgehead atoms. The van der Waals surface area contributed by atoms with Crippen molar-refractivity contribution in [2.45, 2.75) is 6.54 Å². The van der Waals surface area contributed by atoms with Crippen LogP contribution in [0.5, 0.6) is 0 Å². The van der Waals surface area contributed by atoms with Crippen molar-refractivity contribution in [3.05, 3.63) is 63.6 Å². The van der Waals surface area contributed by atoms with E-state index in [1.54, 1.807) is 36.4 Å². The minimum absolute atomic E-state index is 0.117. The Morgan fingerprint density at radius 3 is 2.44 bits per heavy atom. The molecule has 0 unspecified atom stereocenters. The number of benzene rings is 2. The molecule has 7 nitrogen and oxygen atoms in total. The number of nitrogens with two attached hydrogens (primary N) is 1. The Labute approximate surface area is 152 Å². The van der Waals surface area contributed by atoms with E-state index in [1.807, 2.05) is 0 Å². The van der Waals surface area contributed by atoms with E-state index in [4.69, 9.17) is 28.9 Å². The van der Waals surface area contributed by atoms with Crippen LogP contribution in [-0.4, -0.2) is 31.9 Å². The highest BCUT2D eigenvalue weighted by Gasteiger charge is 2.14. The molecule has 0 radical (unpaired) electrons. The summed E-state index contributed by atoms with van der Waals surface area (Å²) in [6.45, 7) is -0.117. The number of hydrogen-bond acceptors (Lipinski definition) is 5. The molecular weight excluding hydrogens is 365 g/mol. The Morgan fingerprint density at radius 1 is 1.08 bits per heavy atom. The molecule has 0 aliphatic carbocycles. The SMILES string of the molecule is NC(=O)c1ccc(-c2nnn(CC(=O)c3ccc(Cl)cc3Cl)n2)cc1. The third-order valence-corrected chi connectivity index (χ3v) is 3.94. The average molecular weight is 376 g/mol. The highest BCUT2D eigenvalue weighted by molar-refractivity contribution is 6.36. The maximum Gasteiger partial charge on any atom is 0.248 e. The summed E-state index contributed by atoms with van der Waals surface area (Å²) in [6.07, 6.45) is 0. The Kier molecular flexibility index (Phi) is 4.78. The predicted octanol–water partition coefficient (Wildman–Crippen LogP) is 2.63. The van der Waals surface area contributed by atoms with Crippen LogP contribution < -0.4 is 5.73 Å². The van der Waals surface area contributed by atoms with Gasteiger partial charge in [0.25, 0.3) is 0 Å². The van der Waals surface area contributed by atoms with Gasteiger partial charge in [-0.15, -0.1) is 10.2 Å². The van der Waals surface area contributed by atoms with Gasteiger partial charge in [-0.25, -0.2) is 0 Å². The van der Waals surface area contributed by atoms with Gasteiger partial charge in [0.05, 0.1) is 5.02 Å². The van der Waals surface area contributed by atoms with E-state index < -0.39 is 5.91 Å². The molecule has 3 aromatic rings. The maximum atomic E-state index is 12.3. The first-order valence-corrected chi connectivity index (χ1v) is 7.86. The number of carbonyl (C=O) groups is 2. The molecule has 2 aromatic carbocycles. The number of ketones is 1. The van der Waals surface area contributed by atoms with Crippen molar-refractivity contribution in [3.63, 3.8) is 0 Å². The quantitative estimate of drug-likeness (QED) is 0.690. The average Bonchev–Trinajstić information content (AvgIpc) is 3.03. The van der Waals surface area contributed by atoms with Crippen LogP contribution >= 0.6 is 23.2 Å². The van der Waals surface area contributed by atoms with Crippen LogP contribution in [-0.2, 0) is 6.54 Å². The third-order valence-electron chi connectivity index (χ3n) is 3.40. The molecule has 1 heterocycles.